The van der Waals surface area contributed by atoms with Crippen LogP contribution in [0.4, 0.5) is 0 Å². The monoisotopic (exact) mass is 260 g/mol. The SMILES string of the molecule is CC(=O)OCC=CC=C(OC(C)=O)C(=O)OS. The number of carbonyl (C=O) groups is 3. The second kappa shape index (κ2) is 8.40. The Morgan fingerprint density at radius 3 is 2.29 bits per heavy atom. The van der Waals surface area contributed by atoms with Crippen LogP contribution in [0.15, 0.2) is 24.0 Å². The molecule has 0 aromatic heterocycles. The highest BCUT2D eigenvalue weighted by molar-refractivity contribution is 7.75. The molecule has 0 amide bonds. The fourth-order valence-electron chi connectivity index (χ4n) is 0.720. The van der Waals surface area contributed by atoms with Gasteiger partial charge in [-0.2, -0.15) is 0 Å². The summed E-state index contributed by atoms with van der Waals surface area (Å²) in [5.41, 5.74) is 0. The Morgan fingerprint density at radius 2 is 1.82 bits per heavy atom. The summed E-state index contributed by atoms with van der Waals surface area (Å²) in [5.74, 6) is -2.30. The Hall–Kier alpha value is -1.76. The zero-order valence-corrected chi connectivity index (χ0v) is 10.2. The number of ether oxygens (including phenoxy) is 2. The van der Waals surface area contributed by atoms with E-state index in [0.29, 0.717) is 0 Å². The van der Waals surface area contributed by atoms with Crippen LogP contribution in [-0.4, -0.2) is 24.5 Å². The van der Waals surface area contributed by atoms with Gasteiger partial charge in [-0.1, -0.05) is 6.08 Å². The molecule has 0 saturated heterocycles. The second-order valence-corrected chi connectivity index (χ2v) is 2.92. The van der Waals surface area contributed by atoms with Gasteiger partial charge in [-0.05, 0) is 12.2 Å². The zero-order valence-electron chi connectivity index (χ0n) is 9.34. The summed E-state index contributed by atoms with van der Waals surface area (Å²) in [6.07, 6.45) is 4.03. The molecule has 0 fully saturated rings. The van der Waals surface area contributed by atoms with Crippen molar-refractivity contribution in [3.8, 4) is 0 Å². The van der Waals surface area contributed by atoms with Crippen molar-refractivity contribution in [3.63, 3.8) is 0 Å². The molecular formula is C10H12O6S. The zero-order chi connectivity index (χ0) is 13.3. The number of hydrogen-bond acceptors (Lipinski definition) is 7. The first-order valence-corrected chi connectivity index (χ1v) is 4.88. The third kappa shape index (κ3) is 8.09. The molecule has 0 radical (unpaired) electrons. The molecule has 6 nitrogen and oxygen atoms in total. The quantitative estimate of drug-likeness (QED) is 0.151. The largest absolute Gasteiger partial charge is 0.462 e. The highest BCUT2D eigenvalue weighted by Gasteiger charge is 2.12. The van der Waals surface area contributed by atoms with E-state index >= 15 is 0 Å². The van der Waals surface area contributed by atoms with Crippen LogP contribution in [0.1, 0.15) is 13.8 Å². The maximum Gasteiger partial charge on any atom is 0.386 e. The minimum atomic E-state index is -0.902. The van der Waals surface area contributed by atoms with Crippen LogP contribution in [0.3, 0.4) is 0 Å². The van der Waals surface area contributed by atoms with E-state index < -0.39 is 17.9 Å². The van der Waals surface area contributed by atoms with E-state index in [-0.39, 0.29) is 12.4 Å². The number of carbonyl (C=O) groups excluding carboxylic acids is 3. The minimum absolute atomic E-state index is 0.0507. The average Bonchev–Trinajstić information content (AvgIpc) is 2.25. The van der Waals surface area contributed by atoms with Crippen LogP contribution >= 0.6 is 12.9 Å². The van der Waals surface area contributed by atoms with Gasteiger partial charge in [-0.25, -0.2) is 4.79 Å². The van der Waals surface area contributed by atoms with Crippen molar-refractivity contribution in [1.82, 2.24) is 0 Å². The summed E-state index contributed by atoms with van der Waals surface area (Å²) < 4.78 is 13.3. The van der Waals surface area contributed by atoms with Gasteiger partial charge in [-0.15, -0.1) is 0 Å². The lowest BCUT2D eigenvalue weighted by atomic mass is 10.4. The van der Waals surface area contributed by atoms with Gasteiger partial charge in [0.25, 0.3) is 0 Å². The maximum absolute atomic E-state index is 11.1. The molecular weight excluding hydrogens is 248 g/mol. The lowest BCUT2D eigenvalue weighted by Gasteiger charge is -2.01. The molecule has 0 aliphatic carbocycles. The Morgan fingerprint density at radius 1 is 1.18 bits per heavy atom. The summed E-state index contributed by atoms with van der Waals surface area (Å²) >= 11 is 3.29. The average molecular weight is 260 g/mol. The van der Waals surface area contributed by atoms with Crippen molar-refractivity contribution in [3.05, 3.63) is 24.0 Å². The van der Waals surface area contributed by atoms with Crippen molar-refractivity contribution in [2.45, 2.75) is 13.8 Å². The maximum atomic E-state index is 11.1. The number of esters is 2. The van der Waals surface area contributed by atoms with Crippen molar-refractivity contribution in [2.75, 3.05) is 6.61 Å². The third-order valence-electron chi connectivity index (χ3n) is 1.30. The van der Waals surface area contributed by atoms with Gasteiger partial charge in [0.15, 0.2) is 0 Å². The summed E-state index contributed by atoms with van der Waals surface area (Å²) in [5, 5.41) is 0. The first kappa shape index (κ1) is 15.2. The molecule has 17 heavy (non-hydrogen) atoms. The van der Waals surface area contributed by atoms with Crippen LogP contribution in [0.25, 0.3) is 0 Å². The second-order valence-electron chi connectivity index (χ2n) is 2.73. The van der Waals surface area contributed by atoms with Gasteiger partial charge in [-0.3, -0.25) is 9.59 Å². The Labute approximate surface area is 104 Å². The van der Waals surface area contributed by atoms with Crippen LogP contribution in [0.5, 0.6) is 0 Å². The van der Waals surface area contributed by atoms with E-state index in [9.17, 15) is 14.4 Å². The number of allylic oxidation sites excluding steroid dienone is 2. The molecule has 0 aromatic rings. The topological polar surface area (TPSA) is 78.9 Å². The van der Waals surface area contributed by atoms with Crippen molar-refractivity contribution in [2.24, 2.45) is 0 Å². The standard InChI is InChI=1S/C10H12O6S/c1-7(11)14-6-4-3-5-9(10(13)16-17)15-8(2)12/h3-5,17H,6H2,1-2H3. The highest BCUT2D eigenvalue weighted by atomic mass is 32.1. The molecule has 7 heteroatoms. The smallest absolute Gasteiger partial charge is 0.386 e. The predicted molar refractivity (Wildman–Crippen MR) is 60.7 cm³/mol. The van der Waals surface area contributed by atoms with Gasteiger partial charge in [0.1, 0.15) is 6.61 Å². The third-order valence-corrected chi connectivity index (χ3v) is 1.47. The number of thiol groups is 1. The van der Waals surface area contributed by atoms with Gasteiger partial charge in [0.2, 0.25) is 5.76 Å². The summed E-state index contributed by atoms with van der Waals surface area (Å²) in [6, 6.07) is 0. The first-order chi connectivity index (χ1) is 7.97. The summed E-state index contributed by atoms with van der Waals surface area (Å²) in [4.78, 5) is 32.1. The summed E-state index contributed by atoms with van der Waals surface area (Å²) in [6.45, 7) is 2.46. The van der Waals surface area contributed by atoms with Crippen LogP contribution in [0, 0.1) is 0 Å². The van der Waals surface area contributed by atoms with Crippen molar-refractivity contribution < 1.29 is 28.0 Å². The molecule has 0 aromatic carbocycles. The van der Waals surface area contributed by atoms with E-state index in [2.05, 4.69) is 26.6 Å². The van der Waals surface area contributed by atoms with E-state index in [4.69, 9.17) is 0 Å². The minimum Gasteiger partial charge on any atom is -0.462 e. The lowest BCUT2D eigenvalue weighted by Crippen LogP contribution is -2.09. The molecule has 94 valence electrons. The molecule has 0 spiro atoms. The van der Waals surface area contributed by atoms with Gasteiger partial charge < -0.3 is 13.7 Å². The van der Waals surface area contributed by atoms with Crippen LogP contribution in [-0.2, 0) is 28.0 Å². The van der Waals surface area contributed by atoms with Crippen molar-refractivity contribution in [1.29, 1.82) is 0 Å². The molecule has 0 N–H and O–H groups in total. The fourth-order valence-corrected chi connectivity index (χ4v) is 0.810. The van der Waals surface area contributed by atoms with Gasteiger partial charge in [0, 0.05) is 26.8 Å². The van der Waals surface area contributed by atoms with E-state index in [0.717, 1.165) is 6.92 Å². The predicted octanol–water partition coefficient (Wildman–Crippen LogP) is 0.941. The Kier molecular flexibility index (Phi) is 7.53. The van der Waals surface area contributed by atoms with Gasteiger partial charge in [0.05, 0.1) is 0 Å². The van der Waals surface area contributed by atoms with E-state index in [1.54, 1.807) is 0 Å². The van der Waals surface area contributed by atoms with Crippen LogP contribution in [0.2, 0.25) is 0 Å². The molecule has 0 bridgehead atoms. The summed E-state index contributed by atoms with van der Waals surface area (Å²) in [7, 11) is 0. The molecule has 0 unspecified atom stereocenters. The first-order valence-electron chi connectivity index (χ1n) is 4.51. The molecule has 0 saturated carbocycles. The van der Waals surface area contributed by atoms with E-state index in [1.807, 2.05) is 0 Å². The highest BCUT2D eigenvalue weighted by Crippen LogP contribution is 2.03. The molecule has 0 aliphatic heterocycles. The van der Waals surface area contributed by atoms with Gasteiger partial charge >= 0.3 is 17.9 Å². The van der Waals surface area contributed by atoms with E-state index in [1.165, 1.54) is 25.2 Å². The number of hydrogen-bond donors (Lipinski definition) is 1. The lowest BCUT2D eigenvalue weighted by molar-refractivity contribution is -0.144. The van der Waals surface area contributed by atoms with Crippen molar-refractivity contribution >= 4 is 30.8 Å². The Balaban J connectivity index is 4.42. The number of rotatable bonds is 5. The molecule has 0 heterocycles. The molecule has 0 aliphatic rings. The molecule has 0 atom stereocenters. The normalized spacial score (nSPS) is 11.1. The molecule has 0 rings (SSSR count). The fraction of sp³-hybridized carbons (Fsp3) is 0.300. The Bertz CT molecular complexity index is 358. The van der Waals surface area contributed by atoms with Crippen LogP contribution < -0.4 is 0 Å².